The highest BCUT2D eigenvalue weighted by atomic mass is 79.9. The van der Waals surface area contributed by atoms with Crippen molar-refractivity contribution >= 4 is 21.8 Å². The zero-order valence-electron chi connectivity index (χ0n) is 12.5. The maximum absolute atomic E-state index is 11.3. The smallest absolute Gasteiger partial charge is 0.257 e. The van der Waals surface area contributed by atoms with Crippen LogP contribution in [0.1, 0.15) is 5.56 Å². The summed E-state index contributed by atoms with van der Waals surface area (Å²) < 4.78 is 16.5. The second-order valence-electron chi connectivity index (χ2n) is 4.24. The predicted octanol–water partition coefficient (Wildman–Crippen LogP) is 1.32. The first-order valence-electron chi connectivity index (χ1n) is 6.51. The number of hydrogen-bond acceptors (Lipinski definition) is 5. The van der Waals surface area contributed by atoms with E-state index in [-0.39, 0.29) is 12.5 Å². The number of carbonyl (C=O) groups is 1. The number of nitrogens with one attached hydrogen (secondary N) is 2. The topological polar surface area (TPSA) is 68.8 Å². The van der Waals surface area contributed by atoms with Gasteiger partial charge in [0.25, 0.3) is 5.91 Å². The van der Waals surface area contributed by atoms with Crippen LogP contribution in [0, 0.1) is 0 Å². The van der Waals surface area contributed by atoms with E-state index in [1.165, 1.54) is 0 Å². The van der Waals surface area contributed by atoms with Crippen LogP contribution in [0.25, 0.3) is 0 Å². The van der Waals surface area contributed by atoms with Crippen molar-refractivity contribution in [1.82, 2.24) is 10.6 Å². The number of rotatable bonds is 9. The van der Waals surface area contributed by atoms with Crippen LogP contribution < -0.4 is 20.1 Å². The van der Waals surface area contributed by atoms with E-state index < -0.39 is 0 Å². The molecule has 7 heteroatoms. The Morgan fingerprint density at radius 2 is 2.10 bits per heavy atom. The number of carbonyl (C=O) groups excluding carboxylic acids is 1. The van der Waals surface area contributed by atoms with Crippen molar-refractivity contribution in [3.05, 3.63) is 22.2 Å². The lowest BCUT2D eigenvalue weighted by Gasteiger charge is -2.14. The molecule has 0 atom stereocenters. The molecule has 2 N–H and O–H groups in total. The third kappa shape index (κ3) is 5.91. The molecule has 0 fully saturated rings. The van der Waals surface area contributed by atoms with Crippen LogP contribution in [0.2, 0.25) is 0 Å². The van der Waals surface area contributed by atoms with Crippen molar-refractivity contribution in [2.45, 2.75) is 6.54 Å². The fourth-order valence-electron chi connectivity index (χ4n) is 1.63. The molecule has 118 valence electrons. The zero-order chi connectivity index (χ0) is 15.7. The van der Waals surface area contributed by atoms with E-state index in [2.05, 4.69) is 26.6 Å². The second-order valence-corrected chi connectivity index (χ2v) is 5.09. The van der Waals surface area contributed by atoms with Crippen molar-refractivity contribution in [2.75, 3.05) is 41.0 Å². The van der Waals surface area contributed by atoms with E-state index in [4.69, 9.17) is 14.2 Å². The number of ether oxygens (including phenoxy) is 3. The Bertz CT molecular complexity index is 469. The van der Waals surface area contributed by atoms with Gasteiger partial charge in [-0.2, -0.15) is 0 Å². The molecule has 1 amide bonds. The van der Waals surface area contributed by atoms with Gasteiger partial charge in [-0.3, -0.25) is 4.79 Å². The van der Waals surface area contributed by atoms with Crippen molar-refractivity contribution < 1.29 is 19.0 Å². The van der Waals surface area contributed by atoms with E-state index >= 15 is 0 Å². The number of benzene rings is 1. The third-order valence-electron chi connectivity index (χ3n) is 2.73. The summed E-state index contributed by atoms with van der Waals surface area (Å²) in [6, 6.07) is 3.81. The molecular weight excluding hydrogens is 340 g/mol. The van der Waals surface area contributed by atoms with Gasteiger partial charge in [-0.15, -0.1) is 0 Å². The maximum Gasteiger partial charge on any atom is 0.257 e. The van der Waals surface area contributed by atoms with Crippen LogP contribution in [-0.2, 0) is 16.1 Å². The second kappa shape index (κ2) is 9.59. The Balaban J connectivity index is 2.74. The van der Waals surface area contributed by atoms with Crippen LogP contribution in [-0.4, -0.2) is 46.9 Å². The average molecular weight is 361 g/mol. The molecule has 0 saturated heterocycles. The summed E-state index contributed by atoms with van der Waals surface area (Å²) in [5.41, 5.74) is 1.04. The average Bonchev–Trinajstić information content (AvgIpc) is 2.49. The van der Waals surface area contributed by atoms with E-state index in [0.717, 1.165) is 16.6 Å². The first-order chi connectivity index (χ1) is 10.1. The third-order valence-corrected chi connectivity index (χ3v) is 3.32. The van der Waals surface area contributed by atoms with Crippen LogP contribution in [0.4, 0.5) is 0 Å². The van der Waals surface area contributed by atoms with Crippen LogP contribution in [0.5, 0.6) is 11.5 Å². The fourth-order valence-corrected chi connectivity index (χ4v) is 2.24. The Labute approximate surface area is 133 Å². The minimum atomic E-state index is -0.200. The summed E-state index contributed by atoms with van der Waals surface area (Å²) in [7, 11) is 4.79. The monoisotopic (exact) mass is 360 g/mol. The molecule has 1 aromatic carbocycles. The van der Waals surface area contributed by atoms with Gasteiger partial charge in [0.1, 0.15) is 0 Å². The van der Waals surface area contributed by atoms with Gasteiger partial charge < -0.3 is 24.8 Å². The summed E-state index contributed by atoms with van der Waals surface area (Å²) in [5.74, 6) is 0.896. The summed E-state index contributed by atoms with van der Waals surface area (Å²) in [6.07, 6.45) is 0. The van der Waals surface area contributed by atoms with Gasteiger partial charge in [-0.05, 0) is 33.6 Å². The van der Waals surface area contributed by atoms with Crippen molar-refractivity contribution in [1.29, 1.82) is 0 Å². The summed E-state index contributed by atoms with van der Waals surface area (Å²) >= 11 is 3.44. The molecule has 0 saturated carbocycles. The summed E-state index contributed by atoms with van der Waals surface area (Å²) in [6.45, 7) is 2.06. The molecule has 0 heterocycles. The molecule has 0 spiro atoms. The predicted molar refractivity (Wildman–Crippen MR) is 83.8 cm³/mol. The van der Waals surface area contributed by atoms with Gasteiger partial charge in [0, 0.05) is 27.2 Å². The molecule has 0 unspecified atom stereocenters. The lowest BCUT2D eigenvalue weighted by molar-refractivity contribution is -0.122. The number of methoxy groups -OCH3 is 2. The molecule has 0 aliphatic rings. The van der Waals surface area contributed by atoms with E-state index in [0.29, 0.717) is 24.7 Å². The summed E-state index contributed by atoms with van der Waals surface area (Å²) in [5, 5.41) is 5.76. The van der Waals surface area contributed by atoms with Gasteiger partial charge in [-0.1, -0.05) is 0 Å². The Hall–Kier alpha value is -1.31. The Kier molecular flexibility index (Phi) is 8.11. The van der Waals surface area contributed by atoms with E-state index in [1.807, 2.05) is 12.1 Å². The number of likely N-dealkylation sites (N-methyl/N-ethyl adjacent to an activating group) is 1. The van der Waals surface area contributed by atoms with Gasteiger partial charge in [-0.25, -0.2) is 0 Å². The number of amides is 1. The van der Waals surface area contributed by atoms with Gasteiger partial charge in [0.2, 0.25) is 0 Å². The van der Waals surface area contributed by atoms with E-state index in [9.17, 15) is 4.79 Å². The highest BCUT2D eigenvalue weighted by Gasteiger charge is 2.13. The first kappa shape index (κ1) is 17.7. The zero-order valence-corrected chi connectivity index (χ0v) is 14.1. The lowest BCUT2D eigenvalue weighted by atomic mass is 10.2. The molecule has 1 rings (SSSR count). The van der Waals surface area contributed by atoms with Crippen LogP contribution in [0.15, 0.2) is 16.6 Å². The minimum Gasteiger partial charge on any atom is -0.493 e. The molecule has 21 heavy (non-hydrogen) atoms. The molecule has 0 aliphatic heterocycles. The van der Waals surface area contributed by atoms with Gasteiger partial charge in [0.05, 0.1) is 18.2 Å². The van der Waals surface area contributed by atoms with E-state index in [1.54, 1.807) is 21.3 Å². The highest BCUT2D eigenvalue weighted by molar-refractivity contribution is 9.10. The first-order valence-corrected chi connectivity index (χ1v) is 7.31. The molecule has 0 bridgehead atoms. The van der Waals surface area contributed by atoms with Crippen molar-refractivity contribution in [3.63, 3.8) is 0 Å². The Morgan fingerprint density at radius 3 is 2.71 bits per heavy atom. The van der Waals surface area contributed by atoms with Crippen molar-refractivity contribution in [2.24, 2.45) is 0 Å². The van der Waals surface area contributed by atoms with Crippen LogP contribution in [0.3, 0.4) is 0 Å². The van der Waals surface area contributed by atoms with Crippen molar-refractivity contribution in [3.8, 4) is 11.5 Å². The Morgan fingerprint density at radius 1 is 1.33 bits per heavy atom. The largest absolute Gasteiger partial charge is 0.493 e. The normalized spacial score (nSPS) is 10.3. The molecule has 0 aromatic heterocycles. The maximum atomic E-state index is 11.3. The molecule has 0 aliphatic carbocycles. The number of hydrogen-bond donors (Lipinski definition) is 2. The van der Waals surface area contributed by atoms with Gasteiger partial charge in [0.15, 0.2) is 18.1 Å². The molecule has 6 nitrogen and oxygen atoms in total. The summed E-state index contributed by atoms with van der Waals surface area (Å²) in [4.78, 5) is 11.3. The SMILES string of the molecule is CNC(=O)COc1c(Br)cc(CNCCOC)cc1OC. The minimum absolute atomic E-state index is 0.0586. The molecular formula is C14H21BrN2O4. The molecule has 0 radical (unpaired) electrons. The quantitative estimate of drug-likeness (QED) is 0.650. The number of halogens is 1. The molecule has 1 aromatic rings. The lowest BCUT2D eigenvalue weighted by Crippen LogP contribution is -2.25. The van der Waals surface area contributed by atoms with Crippen LogP contribution >= 0.6 is 15.9 Å². The fraction of sp³-hybridized carbons (Fsp3) is 0.500. The van der Waals surface area contributed by atoms with Gasteiger partial charge >= 0.3 is 0 Å². The highest BCUT2D eigenvalue weighted by Crippen LogP contribution is 2.36. The standard InChI is InChI=1S/C14H21BrN2O4/c1-16-13(18)9-21-14-11(15)6-10(7-12(14)20-3)8-17-4-5-19-2/h6-7,17H,4-5,8-9H2,1-3H3,(H,16,18).